The Morgan fingerprint density at radius 1 is 1.26 bits per heavy atom. The Morgan fingerprint density at radius 2 is 1.96 bits per heavy atom. The van der Waals surface area contributed by atoms with Gasteiger partial charge in [0.15, 0.2) is 5.75 Å². The van der Waals surface area contributed by atoms with Gasteiger partial charge in [-0.1, -0.05) is 23.2 Å². The van der Waals surface area contributed by atoms with Crippen molar-refractivity contribution < 1.29 is 9.53 Å². The zero-order valence-electron chi connectivity index (χ0n) is 12.9. The molecule has 2 rings (SSSR count). The van der Waals surface area contributed by atoms with Crippen molar-refractivity contribution in [3.63, 3.8) is 0 Å². The van der Waals surface area contributed by atoms with Crippen LogP contribution in [0.3, 0.4) is 0 Å². The molecule has 0 atom stereocenters. The Balaban J connectivity index is 1.99. The Morgan fingerprint density at radius 3 is 2.61 bits per heavy atom. The summed E-state index contributed by atoms with van der Waals surface area (Å²) in [4.78, 5) is 10.8. The van der Waals surface area contributed by atoms with E-state index in [0.717, 1.165) is 11.4 Å². The lowest BCUT2D eigenvalue weighted by atomic mass is 10.3. The fourth-order valence-electron chi connectivity index (χ4n) is 1.96. The van der Waals surface area contributed by atoms with Gasteiger partial charge in [0, 0.05) is 36.6 Å². The number of aromatic amines is 1. The predicted octanol–water partition coefficient (Wildman–Crippen LogP) is 3.04. The number of ether oxygens (including phenoxy) is 1. The molecule has 0 aliphatic heterocycles. The molecule has 1 aromatic carbocycles. The van der Waals surface area contributed by atoms with Crippen LogP contribution in [0, 0.1) is 6.92 Å². The average Bonchev–Trinajstić information content (AvgIpc) is 2.78. The molecule has 0 bridgehead atoms. The number of nitrogens with one attached hydrogen (secondary N) is 3. The minimum atomic E-state index is -0.0516. The molecular formula is C15H18Cl2N4O2. The number of benzene rings is 1. The van der Waals surface area contributed by atoms with Gasteiger partial charge in [0.05, 0.1) is 5.69 Å². The van der Waals surface area contributed by atoms with Gasteiger partial charge < -0.3 is 15.4 Å². The maximum Gasteiger partial charge on any atom is 0.216 e. The van der Waals surface area contributed by atoms with E-state index in [4.69, 9.17) is 27.9 Å². The quantitative estimate of drug-likeness (QED) is 0.666. The van der Waals surface area contributed by atoms with Crippen molar-refractivity contribution in [2.75, 3.05) is 13.1 Å². The van der Waals surface area contributed by atoms with Crippen molar-refractivity contribution in [3.05, 3.63) is 39.6 Å². The van der Waals surface area contributed by atoms with E-state index in [1.165, 1.54) is 6.92 Å². The third-order valence-electron chi connectivity index (χ3n) is 2.99. The normalized spacial score (nSPS) is 10.6. The highest BCUT2D eigenvalue weighted by Gasteiger charge is 2.13. The number of carbonyl (C=O) groups is 1. The highest BCUT2D eigenvalue weighted by Crippen LogP contribution is 2.31. The van der Waals surface area contributed by atoms with Crippen molar-refractivity contribution in [2.24, 2.45) is 0 Å². The van der Waals surface area contributed by atoms with Gasteiger partial charge in [0.2, 0.25) is 5.91 Å². The Hall–Kier alpha value is -1.76. The van der Waals surface area contributed by atoms with Crippen molar-refractivity contribution >= 4 is 29.1 Å². The van der Waals surface area contributed by atoms with Crippen LogP contribution in [-0.2, 0) is 11.3 Å². The molecule has 6 nitrogen and oxygen atoms in total. The summed E-state index contributed by atoms with van der Waals surface area (Å²) < 4.78 is 5.86. The van der Waals surface area contributed by atoms with E-state index in [9.17, 15) is 4.79 Å². The lowest BCUT2D eigenvalue weighted by Gasteiger charge is -2.09. The zero-order valence-corrected chi connectivity index (χ0v) is 14.4. The van der Waals surface area contributed by atoms with Crippen LogP contribution in [0.15, 0.2) is 18.2 Å². The van der Waals surface area contributed by atoms with Crippen LogP contribution in [0.25, 0.3) is 0 Å². The second-order valence-electron chi connectivity index (χ2n) is 4.99. The van der Waals surface area contributed by atoms with E-state index in [1.54, 1.807) is 18.2 Å². The summed E-state index contributed by atoms with van der Waals surface area (Å²) in [6, 6.07) is 5.02. The standard InChI is InChI=1S/C15H18Cl2N4O2/c1-9-15(23-13-6-11(16)5-12(17)7-13)14(21-20-9)8-18-3-4-19-10(2)22/h5-7,18H,3-4,8H2,1-2H3,(H,19,22)(H,20,21). The van der Waals surface area contributed by atoms with Gasteiger partial charge in [-0.25, -0.2) is 0 Å². The topological polar surface area (TPSA) is 79.0 Å². The molecule has 124 valence electrons. The Kier molecular flexibility index (Phi) is 6.27. The number of rotatable bonds is 7. The van der Waals surface area contributed by atoms with Crippen molar-refractivity contribution in [1.82, 2.24) is 20.8 Å². The number of H-pyrrole nitrogens is 1. The summed E-state index contributed by atoms with van der Waals surface area (Å²) in [6.07, 6.45) is 0. The molecule has 1 aromatic heterocycles. The van der Waals surface area contributed by atoms with Crippen molar-refractivity contribution in [2.45, 2.75) is 20.4 Å². The van der Waals surface area contributed by atoms with Gasteiger partial charge in [0.1, 0.15) is 11.4 Å². The van der Waals surface area contributed by atoms with Gasteiger partial charge in [-0.2, -0.15) is 5.10 Å². The number of carbonyl (C=O) groups excluding carboxylic acids is 1. The second kappa shape index (κ2) is 8.19. The number of nitrogens with zero attached hydrogens (tertiary/aromatic N) is 1. The van der Waals surface area contributed by atoms with Crippen LogP contribution in [0.1, 0.15) is 18.3 Å². The molecule has 0 aliphatic carbocycles. The zero-order chi connectivity index (χ0) is 16.8. The highest BCUT2D eigenvalue weighted by molar-refractivity contribution is 6.34. The first kappa shape index (κ1) is 17.6. The summed E-state index contributed by atoms with van der Waals surface area (Å²) in [5, 5.41) is 14.0. The number of hydrogen-bond acceptors (Lipinski definition) is 4. The van der Waals surface area contributed by atoms with E-state index >= 15 is 0 Å². The third kappa shape index (κ3) is 5.42. The van der Waals surface area contributed by atoms with Gasteiger partial charge in [0.25, 0.3) is 0 Å². The highest BCUT2D eigenvalue weighted by atomic mass is 35.5. The minimum absolute atomic E-state index is 0.0516. The van der Waals surface area contributed by atoms with Crippen molar-refractivity contribution in [1.29, 1.82) is 0 Å². The molecule has 0 saturated carbocycles. The van der Waals surface area contributed by atoms with Crippen LogP contribution in [0.5, 0.6) is 11.5 Å². The molecule has 3 N–H and O–H groups in total. The SMILES string of the molecule is CC(=O)NCCNCc1n[nH]c(C)c1Oc1cc(Cl)cc(Cl)c1. The molecular weight excluding hydrogens is 339 g/mol. The molecule has 1 heterocycles. The average molecular weight is 357 g/mol. The molecule has 0 radical (unpaired) electrons. The fourth-order valence-corrected chi connectivity index (χ4v) is 2.47. The smallest absolute Gasteiger partial charge is 0.216 e. The van der Waals surface area contributed by atoms with Crippen LogP contribution >= 0.6 is 23.2 Å². The number of amides is 1. The summed E-state index contributed by atoms with van der Waals surface area (Å²) >= 11 is 12.0. The maximum absolute atomic E-state index is 10.8. The molecule has 0 fully saturated rings. The largest absolute Gasteiger partial charge is 0.453 e. The number of halogens is 2. The van der Waals surface area contributed by atoms with Gasteiger partial charge >= 0.3 is 0 Å². The molecule has 0 saturated heterocycles. The first-order valence-electron chi connectivity index (χ1n) is 7.08. The summed E-state index contributed by atoms with van der Waals surface area (Å²) in [5.41, 5.74) is 1.54. The molecule has 2 aromatic rings. The second-order valence-corrected chi connectivity index (χ2v) is 5.86. The van der Waals surface area contributed by atoms with Gasteiger partial charge in [-0.15, -0.1) is 0 Å². The monoisotopic (exact) mass is 356 g/mol. The molecule has 0 spiro atoms. The predicted molar refractivity (Wildman–Crippen MR) is 90.3 cm³/mol. The molecule has 0 aliphatic rings. The van der Waals surface area contributed by atoms with E-state index < -0.39 is 0 Å². The van der Waals surface area contributed by atoms with E-state index in [0.29, 0.717) is 41.2 Å². The first-order valence-corrected chi connectivity index (χ1v) is 7.84. The summed E-state index contributed by atoms with van der Waals surface area (Å²) in [5.74, 6) is 1.13. The molecule has 23 heavy (non-hydrogen) atoms. The Bertz CT molecular complexity index is 668. The molecule has 8 heteroatoms. The third-order valence-corrected chi connectivity index (χ3v) is 3.42. The first-order chi connectivity index (χ1) is 11.0. The summed E-state index contributed by atoms with van der Waals surface area (Å²) in [6.45, 7) is 5.05. The van der Waals surface area contributed by atoms with Crippen LogP contribution in [0.2, 0.25) is 10.0 Å². The van der Waals surface area contributed by atoms with Crippen LogP contribution in [-0.4, -0.2) is 29.2 Å². The molecule has 1 amide bonds. The van der Waals surface area contributed by atoms with Crippen molar-refractivity contribution in [3.8, 4) is 11.5 Å². The summed E-state index contributed by atoms with van der Waals surface area (Å²) in [7, 11) is 0. The Labute approximate surface area is 144 Å². The van der Waals surface area contributed by atoms with Crippen LogP contribution < -0.4 is 15.4 Å². The maximum atomic E-state index is 10.8. The van der Waals surface area contributed by atoms with Gasteiger partial charge in [-0.05, 0) is 25.1 Å². The molecule has 0 unspecified atom stereocenters. The fraction of sp³-hybridized carbons (Fsp3) is 0.333. The van der Waals surface area contributed by atoms with E-state index in [-0.39, 0.29) is 5.91 Å². The number of hydrogen-bond donors (Lipinski definition) is 3. The number of aromatic nitrogens is 2. The van der Waals surface area contributed by atoms with Gasteiger partial charge in [-0.3, -0.25) is 9.89 Å². The lowest BCUT2D eigenvalue weighted by Crippen LogP contribution is -2.30. The van der Waals surface area contributed by atoms with E-state index in [1.807, 2.05) is 6.92 Å². The van der Waals surface area contributed by atoms with Crippen LogP contribution in [0.4, 0.5) is 0 Å². The minimum Gasteiger partial charge on any atom is -0.453 e. The van der Waals surface area contributed by atoms with E-state index in [2.05, 4.69) is 20.8 Å². The number of aryl methyl sites for hydroxylation is 1. The lowest BCUT2D eigenvalue weighted by molar-refractivity contribution is -0.118.